The molecule has 0 bridgehead atoms. The van der Waals surface area contributed by atoms with E-state index in [9.17, 15) is 34.5 Å². The van der Waals surface area contributed by atoms with Gasteiger partial charge >= 0.3 is 11.9 Å². The van der Waals surface area contributed by atoms with Gasteiger partial charge in [-0.2, -0.15) is 4.98 Å². The summed E-state index contributed by atoms with van der Waals surface area (Å²) in [6.45, 7) is 0.151. The minimum Gasteiger partial charge on any atom is -0.480 e. The normalized spacial score (nSPS) is 13.1. The number of nitrogens with two attached hydrogens (primary N) is 2. The molecule has 0 aliphatic rings. The molecule has 35 heavy (non-hydrogen) atoms. The molecule has 1 unspecified atom stereocenters. The minimum absolute atomic E-state index is 0.00869. The van der Waals surface area contributed by atoms with Gasteiger partial charge in [0.1, 0.15) is 12.1 Å². The SMILES string of the molecule is Nc1nc2ncc(CNc3ccc(C(=O)N[C@H](C(=O)O)C(N)C(O)(O)C(=O)O)cc3)nc2c(=O)[nH]1. The van der Waals surface area contributed by atoms with E-state index in [1.54, 1.807) is 0 Å². The first-order valence-corrected chi connectivity index (χ1v) is 9.73. The first kappa shape index (κ1) is 25.0. The molecule has 2 atom stereocenters. The Morgan fingerprint density at radius 1 is 1.11 bits per heavy atom. The number of nitrogens with zero attached hydrogens (tertiary/aromatic N) is 3. The lowest BCUT2D eigenvalue weighted by atomic mass is 9.99. The highest BCUT2D eigenvalue weighted by atomic mass is 16.5. The number of aliphatic carboxylic acids is 2. The highest BCUT2D eigenvalue weighted by Gasteiger charge is 2.47. The minimum atomic E-state index is -3.59. The monoisotopic (exact) mass is 488 g/mol. The number of aromatic amines is 1. The summed E-state index contributed by atoms with van der Waals surface area (Å²) in [5.74, 6) is -8.58. The van der Waals surface area contributed by atoms with Crippen LogP contribution in [-0.4, -0.2) is 76.1 Å². The molecule has 0 aliphatic heterocycles. The molecule has 0 saturated carbocycles. The molecule has 0 fully saturated rings. The van der Waals surface area contributed by atoms with Gasteiger partial charge in [0.25, 0.3) is 17.3 Å². The Bertz CT molecular complexity index is 1340. The van der Waals surface area contributed by atoms with E-state index in [0.717, 1.165) is 0 Å². The van der Waals surface area contributed by atoms with E-state index in [0.29, 0.717) is 11.4 Å². The van der Waals surface area contributed by atoms with Crippen LogP contribution in [0.1, 0.15) is 16.1 Å². The lowest BCUT2D eigenvalue weighted by Crippen LogP contribution is -2.65. The number of nitrogens with one attached hydrogen (secondary N) is 3. The van der Waals surface area contributed by atoms with Crippen LogP contribution in [0.2, 0.25) is 0 Å². The zero-order valence-electron chi connectivity index (χ0n) is 17.7. The Hall–Kier alpha value is -4.67. The summed E-state index contributed by atoms with van der Waals surface area (Å²) in [5.41, 5.74) is 11.3. The van der Waals surface area contributed by atoms with Crippen LogP contribution in [0.25, 0.3) is 11.2 Å². The van der Waals surface area contributed by atoms with Gasteiger partial charge in [0.2, 0.25) is 5.95 Å². The van der Waals surface area contributed by atoms with Crippen molar-refractivity contribution in [3.8, 4) is 0 Å². The summed E-state index contributed by atoms with van der Waals surface area (Å²) in [4.78, 5) is 61.1. The van der Waals surface area contributed by atoms with E-state index in [1.807, 2.05) is 5.32 Å². The largest absolute Gasteiger partial charge is 0.480 e. The Morgan fingerprint density at radius 2 is 1.77 bits per heavy atom. The van der Waals surface area contributed by atoms with Crippen LogP contribution in [0.15, 0.2) is 35.3 Å². The van der Waals surface area contributed by atoms with E-state index in [4.69, 9.17) is 16.6 Å². The highest BCUT2D eigenvalue weighted by molar-refractivity contribution is 5.97. The first-order valence-electron chi connectivity index (χ1n) is 9.73. The Morgan fingerprint density at radius 3 is 2.37 bits per heavy atom. The lowest BCUT2D eigenvalue weighted by molar-refractivity contribution is -0.213. The van der Waals surface area contributed by atoms with Gasteiger partial charge in [0.15, 0.2) is 11.2 Å². The van der Waals surface area contributed by atoms with Gasteiger partial charge < -0.3 is 42.5 Å². The van der Waals surface area contributed by atoms with Crippen LogP contribution in [0.3, 0.4) is 0 Å². The summed E-state index contributed by atoms with van der Waals surface area (Å²) in [6.07, 6.45) is 1.40. The van der Waals surface area contributed by atoms with Crippen LogP contribution >= 0.6 is 0 Å². The second kappa shape index (κ2) is 9.67. The summed E-state index contributed by atoms with van der Waals surface area (Å²) in [5, 5.41) is 42.0. The van der Waals surface area contributed by atoms with Crippen molar-refractivity contribution >= 4 is 40.6 Å². The van der Waals surface area contributed by atoms with Crippen molar-refractivity contribution in [2.45, 2.75) is 24.4 Å². The third-order valence-electron chi connectivity index (χ3n) is 4.80. The number of carboxylic acid groups (broad SMARTS) is 2. The standard InChI is InChI=1S/C19H20N8O8/c20-12(19(34,35)17(32)33)10(16(30)31)25-14(28)7-1-3-8(4-2-7)22-5-9-6-23-13-11(24-9)15(29)27-18(21)26-13/h1-4,6,10,12,22,34-35H,5,20H2,(H,25,28)(H,30,31)(H,32,33)(H3,21,23,26,27,29)/t10-,12?/m0/s1. The van der Waals surface area contributed by atoms with Crippen molar-refractivity contribution in [2.75, 3.05) is 11.1 Å². The van der Waals surface area contributed by atoms with E-state index in [1.165, 1.54) is 30.5 Å². The number of anilines is 2. The number of carbonyl (C=O) groups is 3. The van der Waals surface area contributed by atoms with Gasteiger partial charge in [-0.1, -0.05) is 0 Å². The second-order valence-corrected chi connectivity index (χ2v) is 7.26. The molecule has 0 aliphatic carbocycles. The van der Waals surface area contributed by atoms with Crippen LogP contribution < -0.4 is 27.7 Å². The molecule has 0 spiro atoms. The maximum Gasteiger partial charge on any atom is 0.365 e. The predicted octanol–water partition coefficient (Wildman–Crippen LogP) is -2.82. The van der Waals surface area contributed by atoms with Gasteiger partial charge in [0, 0.05) is 11.3 Å². The fraction of sp³-hybridized carbons (Fsp3) is 0.211. The molecule has 3 aromatic rings. The molecule has 16 heteroatoms. The number of fused-ring (bicyclic) bond motifs is 1. The van der Waals surface area contributed by atoms with Crippen LogP contribution in [-0.2, 0) is 16.1 Å². The molecule has 0 saturated heterocycles. The number of carbonyl (C=O) groups excluding carboxylic acids is 1. The quantitative estimate of drug-likeness (QED) is 0.137. The average Bonchev–Trinajstić information content (AvgIpc) is 2.80. The fourth-order valence-electron chi connectivity index (χ4n) is 2.89. The third kappa shape index (κ3) is 5.46. The number of benzene rings is 1. The summed E-state index contributed by atoms with van der Waals surface area (Å²) >= 11 is 0. The number of aromatic nitrogens is 4. The third-order valence-corrected chi connectivity index (χ3v) is 4.80. The van der Waals surface area contributed by atoms with Crippen LogP contribution in [0.4, 0.5) is 11.6 Å². The van der Waals surface area contributed by atoms with Crippen molar-refractivity contribution in [3.05, 3.63) is 52.1 Å². The molecule has 16 nitrogen and oxygen atoms in total. The topological polar surface area (TPSA) is 280 Å². The van der Waals surface area contributed by atoms with Crippen molar-refractivity contribution in [1.82, 2.24) is 25.3 Å². The first-order chi connectivity index (χ1) is 16.4. The molecule has 2 aromatic heterocycles. The Kier molecular flexibility index (Phi) is 6.90. The van der Waals surface area contributed by atoms with E-state index in [-0.39, 0.29) is 29.2 Å². The molecule has 184 valence electrons. The average molecular weight is 488 g/mol. The Labute approximate surface area is 194 Å². The second-order valence-electron chi connectivity index (χ2n) is 7.26. The fourth-order valence-corrected chi connectivity index (χ4v) is 2.89. The van der Waals surface area contributed by atoms with Crippen molar-refractivity contribution in [1.29, 1.82) is 0 Å². The van der Waals surface area contributed by atoms with Gasteiger partial charge in [0.05, 0.1) is 18.4 Å². The maximum atomic E-state index is 12.4. The van der Waals surface area contributed by atoms with Crippen molar-refractivity contribution in [2.24, 2.45) is 5.73 Å². The molecule has 1 amide bonds. The van der Waals surface area contributed by atoms with E-state index >= 15 is 0 Å². The molecule has 2 heterocycles. The molecular formula is C19H20N8O8. The molecule has 1 aromatic carbocycles. The predicted molar refractivity (Wildman–Crippen MR) is 118 cm³/mol. The number of carboxylic acids is 2. The van der Waals surface area contributed by atoms with Gasteiger partial charge in [-0.05, 0) is 24.3 Å². The molecule has 3 rings (SSSR count). The van der Waals surface area contributed by atoms with Crippen LogP contribution in [0, 0.1) is 0 Å². The summed E-state index contributed by atoms with van der Waals surface area (Å²) in [6, 6.07) is 1.22. The number of nitrogen functional groups attached to an aromatic ring is 1. The van der Waals surface area contributed by atoms with Crippen LogP contribution in [0.5, 0.6) is 0 Å². The van der Waals surface area contributed by atoms with Gasteiger partial charge in [-0.25, -0.2) is 19.6 Å². The maximum absolute atomic E-state index is 12.4. The Balaban J connectivity index is 1.67. The van der Waals surface area contributed by atoms with Gasteiger partial charge in [-0.15, -0.1) is 0 Å². The van der Waals surface area contributed by atoms with E-state index < -0.39 is 41.3 Å². The van der Waals surface area contributed by atoms with E-state index in [2.05, 4.69) is 25.3 Å². The zero-order valence-corrected chi connectivity index (χ0v) is 17.7. The summed E-state index contributed by atoms with van der Waals surface area (Å²) < 4.78 is 0. The highest BCUT2D eigenvalue weighted by Crippen LogP contribution is 2.14. The number of H-pyrrole nitrogens is 1. The number of rotatable bonds is 9. The smallest absolute Gasteiger partial charge is 0.365 e. The number of hydrogen-bond acceptors (Lipinski definition) is 12. The summed E-state index contributed by atoms with van der Waals surface area (Å²) in [7, 11) is 0. The number of amides is 1. The molecule has 11 N–H and O–H groups in total. The zero-order chi connectivity index (χ0) is 25.9. The van der Waals surface area contributed by atoms with Gasteiger partial charge in [-0.3, -0.25) is 14.6 Å². The lowest BCUT2D eigenvalue weighted by Gasteiger charge is -2.29. The van der Waals surface area contributed by atoms with Crippen molar-refractivity contribution < 1.29 is 34.8 Å². The number of aliphatic hydroxyl groups is 2. The molecule has 0 radical (unpaired) electrons. The molecular weight excluding hydrogens is 468 g/mol. The number of hydrogen-bond donors (Lipinski definition) is 9. The van der Waals surface area contributed by atoms with Crippen molar-refractivity contribution in [3.63, 3.8) is 0 Å².